The van der Waals surface area contributed by atoms with Gasteiger partial charge >= 0.3 is 6.03 Å². The second-order valence-electron chi connectivity index (χ2n) is 4.72. The van der Waals surface area contributed by atoms with E-state index in [1.165, 1.54) is 19.3 Å². The molecule has 4 heteroatoms. The first-order valence-corrected chi connectivity index (χ1v) is 6.03. The molecule has 15 heavy (non-hydrogen) atoms. The standard InChI is InChI=1S/C11H21N3O/c1-2-6-12-10(15)13-8-11-5-3-9(11)4-7-14-11/h9,14H,2-8H2,1H3,(H2,12,13,15). The lowest BCUT2D eigenvalue weighted by Crippen LogP contribution is -2.60. The lowest BCUT2D eigenvalue weighted by molar-refractivity contribution is 0.135. The first-order chi connectivity index (χ1) is 7.27. The van der Waals surface area contributed by atoms with Crippen molar-refractivity contribution >= 4 is 6.03 Å². The highest BCUT2D eigenvalue weighted by Gasteiger charge is 2.49. The van der Waals surface area contributed by atoms with E-state index in [2.05, 4.69) is 22.9 Å². The van der Waals surface area contributed by atoms with Crippen LogP contribution in [0.15, 0.2) is 0 Å². The smallest absolute Gasteiger partial charge is 0.314 e. The van der Waals surface area contributed by atoms with Crippen LogP contribution in [-0.2, 0) is 0 Å². The molecule has 1 saturated carbocycles. The van der Waals surface area contributed by atoms with Crippen LogP contribution in [0.5, 0.6) is 0 Å². The van der Waals surface area contributed by atoms with E-state index in [1.807, 2.05) is 0 Å². The van der Waals surface area contributed by atoms with Crippen LogP contribution in [0.1, 0.15) is 32.6 Å². The molecule has 1 aliphatic heterocycles. The van der Waals surface area contributed by atoms with Gasteiger partial charge in [-0.1, -0.05) is 6.92 Å². The van der Waals surface area contributed by atoms with E-state index in [1.54, 1.807) is 0 Å². The Kier molecular flexibility index (Phi) is 3.14. The Labute approximate surface area is 91.2 Å². The summed E-state index contributed by atoms with van der Waals surface area (Å²) >= 11 is 0. The third-order valence-electron chi connectivity index (χ3n) is 3.79. The molecule has 2 amide bonds. The molecule has 0 radical (unpaired) electrons. The SMILES string of the molecule is CCCNC(=O)NCC12CCC1CCN2. The zero-order valence-corrected chi connectivity index (χ0v) is 9.44. The fourth-order valence-corrected chi connectivity index (χ4v) is 2.68. The maximum Gasteiger partial charge on any atom is 0.314 e. The lowest BCUT2D eigenvalue weighted by Gasteiger charge is -2.45. The van der Waals surface area contributed by atoms with Gasteiger partial charge in [-0.15, -0.1) is 0 Å². The summed E-state index contributed by atoms with van der Waals surface area (Å²) in [5.74, 6) is 0.795. The number of hydrogen-bond acceptors (Lipinski definition) is 2. The molecule has 2 unspecified atom stereocenters. The third kappa shape index (κ3) is 2.09. The van der Waals surface area contributed by atoms with Crippen molar-refractivity contribution in [3.8, 4) is 0 Å². The number of hydrogen-bond donors (Lipinski definition) is 3. The highest BCUT2D eigenvalue weighted by atomic mass is 16.2. The van der Waals surface area contributed by atoms with Crippen LogP contribution in [0.4, 0.5) is 4.79 Å². The summed E-state index contributed by atoms with van der Waals surface area (Å²) in [6.07, 6.45) is 4.80. The van der Waals surface area contributed by atoms with Crippen molar-refractivity contribution in [2.45, 2.75) is 38.1 Å². The Morgan fingerprint density at radius 3 is 2.93 bits per heavy atom. The Morgan fingerprint density at radius 2 is 2.33 bits per heavy atom. The van der Waals surface area contributed by atoms with E-state index in [0.717, 1.165) is 32.0 Å². The molecule has 0 spiro atoms. The highest BCUT2D eigenvalue weighted by Crippen LogP contribution is 2.43. The summed E-state index contributed by atoms with van der Waals surface area (Å²) in [4.78, 5) is 11.4. The summed E-state index contributed by atoms with van der Waals surface area (Å²) in [6, 6.07) is -0.0226. The maximum atomic E-state index is 11.4. The molecule has 1 aliphatic carbocycles. The van der Waals surface area contributed by atoms with Crippen LogP contribution in [-0.4, -0.2) is 31.2 Å². The second kappa shape index (κ2) is 4.39. The number of carbonyl (C=O) groups excluding carboxylic acids is 1. The molecular weight excluding hydrogens is 190 g/mol. The van der Waals surface area contributed by atoms with E-state index in [4.69, 9.17) is 0 Å². The zero-order chi connectivity index (χ0) is 10.7. The topological polar surface area (TPSA) is 53.2 Å². The fraction of sp³-hybridized carbons (Fsp3) is 0.909. The van der Waals surface area contributed by atoms with Gasteiger partial charge < -0.3 is 16.0 Å². The highest BCUT2D eigenvalue weighted by molar-refractivity contribution is 5.73. The first-order valence-electron chi connectivity index (χ1n) is 6.03. The number of amides is 2. The summed E-state index contributed by atoms with van der Waals surface area (Å²) < 4.78 is 0. The predicted octanol–water partition coefficient (Wildman–Crippen LogP) is 0.838. The third-order valence-corrected chi connectivity index (χ3v) is 3.79. The van der Waals surface area contributed by atoms with Crippen molar-refractivity contribution in [2.75, 3.05) is 19.6 Å². The van der Waals surface area contributed by atoms with Gasteiger partial charge in [-0.3, -0.25) is 0 Å². The molecular formula is C11H21N3O. The first kappa shape index (κ1) is 10.7. The van der Waals surface area contributed by atoms with Crippen LogP contribution in [0.3, 0.4) is 0 Å². The summed E-state index contributed by atoms with van der Waals surface area (Å²) in [6.45, 7) is 4.71. The summed E-state index contributed by atoms with van der Waals surface area (Å²) in [5, 5.41) is 9.34. The molecule has 3 N–H and O–H groups in total. The maximum absolute atomic E-state index is 11.4. The van der Waals surface area contributed by atoms with Gasteiger partial charge in [0.2, 0.25) is 0 Å². The van der Waals surface area contributed by atoms with Crippen LogP contribution in [0, 0.1) is 5.92 Å². The Morgan fingerprint density at radius 1 is 1.47 bits per heavy atom. The van der Waals surface area contributed by atoms with Crippen molar-refractivity contribution in [1.82, 2.24) is 16.0 Å². The predicted molar refractivity (Wildman–Crippen MR) is 59.8 cm³/mol. The van der Waals surface area contributed by atoms with E-state index in [9.17, 15) is 4.79 Å². The van der Waals surface area contributed by atoms with E-state index in [0.29, 0.717) is 0 Å². The Bertz CT molecular complexity index is 244. The van der Waals surface area contributed by atoms with Crippen LogP contribution in [0.25, 0.3) is 0 Å². The normalized spacial score (nSPS) is 33.0. The molecule has 0 aromatic rings. The number of rotatable bonds is 4. The average Bonchev–Trinajstić information content (AvgIpc) is 2.50. The van der Waals surface area contributed by atoms with Crippen molar-refractivity contribution in [3.05, 3.63) is 0 Å². The van der Waals surface area contributed by atoms with Gasteiger partial charge in [-0.05, 0) is 38.1 Å². The summed E-state index contributed by atoms with van der Waals surface area (Å²) in [5.41, 5.74) is 0.240. The minimum atomic E-state index is -0.0226. The Balaban J connectivity index is 1.71. The van der Waals surface area contributed by atoms with Crippen molar-refractivity contribution in [3.63, 3.8) is 0 Å². The van der Waals surface area contributed by atoms with Gasteiger partial charge in [0.05, 0.1) is 0 Å². The average molecular weight is 211 g/mol. The van der Waals surface area contributed by atoms with Gasteiger partial charge in [0.25, 0.3) is 0 Å². The number of carbonyl (C=O) groups is 1. The minimum Gasteiger partial charge on any atom is -0.338 e. The molecule has 2 atom stereocenters. The van der Waals surface area contributed by atoms with Crippen LogP contribution >= 0.6 is 0 Å². The molecule has 2 aliphatic rings. The van der Waals surface area contributed by atoms with E-state index >= 15 is 0 Å². The second-order valence-corrected chi connectivity index (χ2v) is 4.72. The Hall–Kier alpha value is -0.770. The zero-order valence-electron chi connectivity index (χ0n) is 9.44. The number of urea groups is 1. The van der Waals surface area contributed by atoms with Crippen LogP contribution in [0.2, 0.25) is 0 Å². The van der Waals surface area contributed by atoms with Gasteiger partial charge in [0, 0.05) is 18.6 Å². The molecule has 0 aromatic carbocycles. The quantitative estimate of drug-likeness (QED) is 0.645. The molecule has 2 rings (SSSR count). The molecule has 2 fully saturated rings. The van der Waals surface area contributed by atoms with E-state index in [-0.39, 0.29) is 11.6 Å². The number of fused-ring (bicyclic) bond motifs is 1. The molecule has 86 valence electrons. The monoisotopic (exact) mass is 211 g/mol. The van der Waals surface area contributed by atoms with Gasteiger partial charge in [0.1, 0.15) is 0 Å². The van der Waals surface area contributed by atoms with Gasteiger partial charge in [-0.25, -0.2) is 4.79 Å². The van der Waals surface area contributed by atoms with E-state index < -0.39 is 0 Å². The molecule has 0 bridgehead atoms. The van der Waals surface area contributed by atoms with Crippen LogP contribution < -0.4 is 16.0 Å². The number of nitrogens with one attached hydrogen (secondary N) is 3. The van der Waals surface area contributed by atoms with Crippen molar-refractivity contribution < 1.29 is 4.79 Å². The van der Waals surface area contributed by atoms with Gasteiger partial charge in [0.15, 0.2) is 0 Å². The molecule has 0 aromatic heterocycles. The largest absolute Gasteiger partial charge is 0.338 e. The lowest BCUT2D eigenvalue weighted by atomic mass is 9.68. The minimum absolute atomic E-state index is 0.0226. The van der Waals surface area contributed by atoms with Crippen molar-refractivity contribution in [1.29, 1.82) is 0 Å². The summed E-state index contributed by atoms with van der Waals surface area (Å²) in [7, 11) is 0. The molecule has 4 nitrogen and oxygen atoms in total. The fourth-order valence-electron chi connectivity index (χ4n) is 2.68. The van der Waals surface area contributed by atoms with Gasteiger partial charge in [-0.2, -0.15) is 0 Å². The van der Waals surface area contributed by atoms with Crippen molar-refractivity contribution in [2.24, 2.45) is 5.92 Å². The molecule has 1 heterocycles. The molecule has 1 saturated heterocycles.